The fourth-order valence-corrected chi connectivity index (χ4v) is 3.89. The highest BCUT2D eigenvalue weighted by Gasteiger charge is 2.27. The highest BCUT2D eigenvalue weighted by molar-refractivity contribution is 7.19. The zero-order chi connectivity index (χ0) is 17.6. The third-order valence-corrected chi connectivity index (χ3v) is 5.42. The van der Waals surface area contributed by atoms with Crippen molar-refractivity contribution in [2.75, 3.05) is 0 Å². The molecular weight excluding hydrogens is 341 g/mol. The van der Waals surface area contributed by atoms with Crippen LogP contribution >= 0.6 is 11.3 Å². The van der Waals surface area contributed by atoms with E-state index in [1.807, 2.05) is 6.92 Å². The number of nitrogens with one attached hydrogen (secondary N) is 1. The first-order chi connectivity index (χ1) is 12.0. The number of aromatic nitrogens is 2. The molecule has 25 heavy (non-hydrogen) atoms. The molecule has 0 aliphatic heterocycles. The first-order valence-electron chi connectivity index (χ1n) is 8.07. The summed E-state index contributed by atoms with van der Waals surface area (Å²) in [6.07, 6.45) is 3.55. The van der Waals surface area contributed by atoms with E-state index in [-0.39, 0.29) is 29.9 Å². The number of hydrogen-bond donors (Lipinski definition) is 1. The summed E-state index contributed by atoms with van der Waals surface area (Å²) in [7, 11) is 0. The quantitative estimate of drug-likeness (QED) is 0.780. The maximum absolute atomic E-state index is 12.9. The minimum absolute atomic E-state index is 0.0711. The van der Waals surface area contributed by atoms with Crippen LogP contribution in [0.5, 0.6) is 0 Å². The summed E-state index contributed by atoms with van der Waals surface area (Å²) in [5, 5.41) is 2.82. The Morgan fingerprint density at radius 1 is 1.36 bits per heavy atom. The van der Waals surface area contributed by atoms with Crippen LogP contribution in [0.1, 0.15) is 39.7 Å². The minimum atomic E-state index is -0.314. The van der Waals surface area contributed by atoms with Crippen LogP contribution in [0.2, 0.25) is 0 Å². The minimum Gasteiger partial charge on any atom is -0.348 e. The number of aryl methyl sites for hydroxylation is 1. The number of nitrogens with zero attached hydrogens (tertiary/aromatic N) is 2. The lowest BCUT2D eigenvalue weighted by molar-refractivity contribution is 0.0952. The molecule has 0 atom stereocenters. The summed E-state index contributed by atoms with van der Waals surface area (Å²) >= 11 is 1.31. The van der Waals surface area contributed by atoms with Gasteiger partial charge in [0.2, 0.25) is 0 Å². The van der Waals surface area contributed by atoms with E-state index in [9.17, 15) is 14.0 Å². The van der Waals surface area contributed by atoms with Crippen LogP contribution < -0.4 is 10.9 Å². The lowest BCUT2D eigenvalue weighted by Crippen LogP contribution is -2.24. The fraction of sp³-hybridized carbons (Fsp3) is 0.278. The van der Waals surface area contributed by atoms with Crippen molar-refractivity contribution in [1.29, 1.82) is 0 Å². The Morgan fingerprint density at radius 2 is 2.08 bits per heavy atom. The van der Waals surface area contributed by atoms with Gasteiger partial charge in [-0.3, -0.25) is 14.2 Å². The summed E-state index contributed by atoms with van der Waals surface area (Å²) < 4.78 is 15.1. The number of hydrogen-bond acceptors (Lipinski definition) is 4. The van der Waals surface area contributed by atoms with E-state index >= 15 is 0 Å². The van der Waals surface area contributed by atoms with Crippen molar-refractivity contribution >= 4 is 27.5 Å². The van der Waals surface area contributed by atoms with Gasteiger partial charge >= 0.3 is 0 Å². The molecule has 1 aromatic carbocycles. The molecule has 0 saturated heterocycles. The summed E-state index contributed by atoms with van der Waals surface area (Å²) in [5.41, 5.74) is 1.64. The molecule has 2 aromatic heterocycles. The molecule has 5 nitrogen and oxygen atoms in total. The van der Waals surface area contributed by atoms with Gasteiger partial charge in [-0.1, -0.05) is 12.1 Å². The van der Waals surface area contributed by atoms with Crippen molar-refractivity contribution in [2.45, 2.75) is 32.4 Å². The molecule has 3 aromatic rings. The molecule has 1 aliphatic carbocycles. The highest BCUT2D eigenvalue weighted by atomic mass is 32.1. The Hall–Kier alpha value is -2.54. The van der Waals surface area contributed by atoms with Crippen molar-refractivity contribution in [3.8, 4) is 0 Å². The Balaban J connectivity index is 1.62. The number of carbonyl (C=O) groups is 1. The van der Waals surface area contributed by atoms with Gasteiger partial charge in [0.25, 0.3) is 11.5 Å². The number of benzene rings is 1. The molecule has 1 saturated carbocycles. The van der Waals surface area contributed by atoms with E-state index in [2.05, 4.69) is 10.3 Å². The van der Waals surface area contributed by atoms with Gasteiger partial charge < -0.3 is 5.32 Å². The number of rotatable bonds is 4. The lowest BCUT2D eigenvalue weighted by Gasteiger charge is -2.06. The normalized spacial score (nSPS) is 14.0. The maximum atomic E-state index is 12.9. The van der Waals surface area contributed by atoms with Crippen LogP contribution in [0.15, 0.2) is 35.4 Å². The van der Waals surface area contributed by atoms with Crippen LogP contribution in [-0.2, 0) is 6.54 Å². The van der Waals surface area contributed by atoms with Crippen LogP contribution in [0.25, 0.3) is 10.2 Å². The molecule has 128 valence electrons. The standard InChI is InChI=1S/C18H16FN3O2S/c1-10-14(17(23)20-8-11-2-4-12(19)5-3-11)15-16(25-10)18(24)22(9-21-15)13-6-7-13/h2-5,9,13H,6-8H2,1H3,(H,20,23). The molecule has 1 fully saturated rings. The zero-order valence-electron chi connectivity index (χ0n) is 13.6. The van der Waals surface area contributed by atoms with Crippen molar-refractivity contribution in [1.82, 2.24) is 14.9 Å². The summed E-state index contributed by atoms with van der Waals surface area (Å²) in [5.74, 6) is -0.588. The number of thiophene rings is 1. The number of halogens is 1. The number of amides is 1. The van der Waals surface area contributed by atoms with Gasteiger partial charge in [-0.25, -0.2) is 9.37 Å². The Morgan fingerprint density at radius 3 is 2.76 bits per heavy atom. The van der Waals surface area contributed by atoms with E-state index < -0.39 is 0 Å². The van der Waals surface area contributed by atoms with Crippen molar-refractivity contribution in [3.63, 3.8) is 0 Å². The average Bonchev–Trinajstić information content (AvgIpc) is 3.37. The summed E-state index contributed by atoms with van der Waals surface area (Å²) in [4.78, 5) is 30.3. The van der Waals surface area contributed by atoms with Crippen LogP contribution in [0.4, 0.5) is 4.39 Å². The average molecular weight is 357 g/mol. The molecule has 0 bridgehead atoms. The van der Waals surface area contributed by atoms with Gasteiger partial charge in [0.1, 0.15) is 16.0 Å². The second-order valence-corrected chi connectivity index (χ2v) is 7.43. The number of fused-ring (bicyclic) bond motifs is 1. The first kappa shape index (κ1) is 16.0. The van der Waals surface area contributed by atoms with E-state index in [4.69, 9.17) is 0 Å². The number of carbonyl (C=O) groups excluding carboxylic acids is 1. The van der Waals surface area contributed by atoms with E-state index in [0.29, 0.717) is 15.8 Å². The zero-order valence-corrected chi connectivity index (χ0v) is 14.4. The first-order valence-corrected chi connectivity index (χ1v) is 8.89. The topological polar surface area (TPSA) is 64.0 Å². The molecule has 0 radical (unpaired) electrons. The molecule has 1 N–H and O–H groups in total. The lowest BCUT2D eigenvalue weighted by atomic mass is 10.2. The van der Waals surface area contributed by atoms with E-state index in [0.717, 1.165) is 23.3 Å². The van der Waals surface area contributed by atoms with Gasteiger partial charge in [-0.15, -0.1) is 11.3 Å². The third-order valence-electron chi connectivity index (χ3n) is 4.33. The van der Waals surface area contributed by atoms with Crippen LogP contribution in [-0.4, -0.2) is 15.5 Å². The van der Waals surface area contributed by atoms with Crippen molar-refractivity contribution in [3.05, 3.63) is 62.8 Å². The van der Waals surface area contributed by atoms with Crippen molar-refractivity contribution in [2.24, 2.45) is 0 Å². The largest absolute Gasteiger partial charge is 0.348 e. The van der Waals surface area contributed by atoms with Gasteiger partial charge in [0.05, 0.1) is 11.9 Å². The van der Waals surface area contributed by atoms with Crippen LogP contribution in [0.3, 0.4) is 0 Å². The van der Waals surface area contributed by atoms with E-state index in [1.165, 1.54) is 23.5 Å². The maximum Gasteiger partial charge on any atom is 0.271 e. The van der Waals surface area contributed by atoms with E-state index in [1.54, 1.807) is 23.0 Å². The molecule has 7 heteroatoms. The Bertz CT molecular complexity index is 1020. The van der Waals surface area contributed by atoms with Gasteiger partial charge in [0, 0.05) is 17.5 Å². The SMILES string of the molecule is Cc1sc2c(=O)n(C3CC3)cnc2c1C(=O)NCc1ccc(F)cc1. The summed E-state index contributed by atoms with van der Waals surface area (Å²) in [6.45, 7) is 2.11. The van der Waals surface area contributed by atoms with Gasteiger partial charge in [-0.2, -0.15) is 0 Å². The molecule has 0 spiro atoms. The molecule has 2 heterocycles. The predicted molar refractivity (Wildman–Crippen MR) is 94.5 cm³/mol. The predicted octanol–water partition coefficient (Wildman–Crippen LogP) is 3.17. The Kier molecular flexibility index (Phi) is 3.88. The Labute approximate surface area is 147 Å². The van der Waals surface area contributed by atoms with Gasteiger partial charge in [-0.05, 0) is 37.5 Å². The molecule has 0 unspecified atom stereocenters. The molecule has 1 amide bonds. The smallest absolute Gasteiger partial charge is 0.271 e. The molecule has 4 rings (SSSR count). The third kappa shape index (κ3) is 2.95. The van der Waals surface area contributed by atoms with Crippen molar-refractivity contribution < 1.29 is 9.18 Å². The summed E-state index contributed by atoms with van der Waals surface area (Å²) in [6, 6.07) is 6.22. The second-order valence-electron chi connectivity index (χ2n) is 6.21. The molecule has 1 aliphatic rings. The fourth-order valence-electron chi connectivity index (χ4n) is 2.84. The highest BCUT2D eigenvalue weighted by Crippen LogP contribution is 2.34. The van der Waals surface area contributed by atoms with Gasteiger partial charge in [0.15, 0.2) is 0 Å². The second kappa shape index (κ2) is 6.07. The van der Waals surface area contributed by atoms with Crippen LogP contribution in [0, 0.1) is 12.7 Å². The molecular formula is C18H16FN3O2S. The monoisotopic (exact) mass is 357 g/mol.